The molecular formula is C18H17NO2. The molecule has 0 radical (unpaired) electrons. The van der Waals surface area contributed by atoms with Crippen LogP contribution in [0.3, 0.4) is 0 Å². The van der Waals surface area contributed by atoms with Crippen molar-refractivity contribution < 1.29 is 9.90 Å². The number of benzene rings is 2. The monoisotopic (exact) mass is 279 g/mol. The van der Waals surface area contributed by atoms with Gasteiger partial charge in [-0.2, -0.15) is 5.26 Å². The number of rotatable bonds is 2. The fourth-order valence-electron chi connectivity index (χ4n) is 1.29. The van der Waals surface area contributed by atoms with E-state index in [9.17, 15) is 0 Å². The van der Waals surface area contributed by atoms with E-state index in [0.717, 1.165) is 5.56 Å². The standard InChI is InChI=1S/C9H7N.C8H8.CH2O2/c10-8-4-7-9-5-2-1-3-6-9;1-2-8-6-4-3-5-7-8;2-1-3/h1-7H;2-7H,1H2;1H,(H,2,3). The van der Waals surface area contributed by atoms with Crippen molar-refractivity contribution in [2.24, 2.45) is 0 Å². The lowest BCUT2D eigenvalue weighted by Gasteiger charge is -1.86. The minimum atomic E-state index is -0.250. The van der Waals surface area contributed by atoms with Crippen molar-refractivity contribution in [1.29, 1.82) is 5.26 Å². The van der Waals surface area contributed by atoms with E-state index in [1.54, 1.807) is 6.08 Å². The smallest absolute Gasteiger partial charge is 0.290 e. The fraction of sp³-hybridized carbons (Fsp3) is 0. The summed E-state index contributed by atoms with van der Waals surface area (Å²) in [5.41, 5.74) is 2.23. The molecule has 2 rings (SSSR count). The summed E-state index contributed by atoms with van der Waals surface area (Å²) in [6.45, 7) is 3.38. The highest BCUT2D eigenvalue weighted by Gasteiger charge is 1.79. The lowest BCUT2D eigenvalue weighted by atomic mass is 10.2. The molecule has 0 atom stereocenters. The lowest BCUT2D eigenvalue weighted by Crippen LogP contribution is -1.65. The predicted molar refractivity (Wildman–Crippen MR) is 86.3 cm³/mol. The molecule has 3 nitrogen and oxygen atoms in total. The number of hydrogen-bond acceptors (Lipinski definition) is 2. The van der Waals surface area contributed by atoms with Crippen LogP contribution in [-0.4, -0.2) is 11.6 Å². The van der Waals surface area contributed by atoms with E-state index in [0.29, 0.717) is 0 Å². The van der Waals surface area contributed by atoms with Gasteiger partial charge in [0.1, 0.15) is 0 Å². The van der Waals surface area contributed by atoms with Crippen LogP contribution in [0.5, 0.6) is 0 Å². The van der Waals surface area contributed by atoms with Gasteiger partial charge in [-0.25, -0.2) is 0 Å². The van der Waals surface area contributed by atoms with Gasteiger partial charge in [0.15, 0.2) is 0 Å². The Bertz CT molecular complexity index is 569. The largest absolute Gasteiger partial charge is 0.483 e. The Morgan fingerprint density at radius 2 is 1.38 bits per heavy atom. The quantitative estimate of drug-likeness (QED) is 0.660. The summed E-state index contributed by atoms with van der Waals surface area (Å²) in [4.78, 5) is 8.36. The highest BCUT2D eigenvalue weighted by Crippen LogP contribution is 1.99. The van der Waals surface area contributed by atoms with Crippen molar-refractivity contribution in [1.82, 2.24) is 0 Å². The normalized spacial score (nSPS) is 8.33. The molecule has 0 aromatic heterocycles. The summed E-state index contributed by atoms with van der Waals surface area (Å²) < 4.78 is 0. The average molecular weight is 279 g/mol. The van der Waals surface area contributed by atoms with E-state index in [-0.39, 0.29) is 6.47 Å². The van der Waals surface area contributed by atoms with Crippen molar-refractivity contribution in [2.45, 2.75) is 0 Å². The van der Waals surface area contributed by atoms with Gasteiger partial charge < -0.3 is 5.11 Å². The maximum Gasteiger partial charge on any atom is 0.290 e. The van der Waals surface area contributed by atoms with E-state index >= 15 is 0 Å². The lowest BCUT2D eigenvalue weighted by molar-refractivity contribution is -0.122. The highest BCUT2D eigenvalue weighted by atomic mass is 16.3. The molecule has 0 saturated heterocycles. The van der Waals surface area contributed by atoms with Gasteiger partial charge in [0.2, 0.25) is 0 Å². The van der Waals surface area contributed by atoms with E-state index in [2.05, 4.69) is 6.58 Å². The van der Waals surface area contributed by atoms with E-state index in [1.165, 1.54) is 11.6 Å². The molecule has 0 aliphatic carbocycles. The zero-order valence-corrected chi connectivity index (χ0v) is 11.6. The van der Waals surface area contributed by atoms with Crippen LogP contribution in [0.4, 0.5) is 0 Å². The van der Waals surface area contributed by atoms with Crippen LogP contribution in [0.25, 0.3) is 12.2 Å². The van der Waals surface area contributed by atoms with Crippen molar-refractivity contribution in [3.8, 4) is 6.07 Å². The maximum absolute atomic E-state index is 8.36. The van der Waals surface area contributed by atoms with Crippen LogP contribution in [0.2, 0.25) is 0 Å². The van der Waals surface area contributed by atoms with Gasteiger partial charge in [-0.1, -0.05) is 73.3 Å². The molecule has 0 unspecified atom stereocenters. The van der Waals surface area contributed by atoms with Crippen LogP contribution in [0, 0.1) is 11.3 Å². The van der Waals surface area contributed by atoms with Crippen LogP contribution >= 0.6 is 0 Å². The SMILES string of the molecule is C=Cc1ccccc1.N#CC=Cc1ccccc1.O=CO. The first-order valence-electron chi connectivity index (χ1n) is 6.15. The number of nitrogens with zero attached hydrogens (tertiary/aromatic N) is 1. The second kappa shape index (κ2) is 13.3. The maximum atomic E-state index is 8.36. The second-order valence-corrected chi connectivity index (χ2v) is 3.59. The predicted octanol–water partition coefficient (Wildman–Crippen LogP) is 4.25. The van der Waals surface area contributed by atoms with Crippen LogP contribution in [0.1, 0.15) is 11.1 Å². The van der Waals surface area contributed by atoms with Crippen LogP contribution < -0.4 is 0 Å². The third kappa shape index (κ3) is 10.5. The third-order valence-corrected chi connectivity index (χ3v) is 2.19. The van der Waals surface area contributed by atoms with Crippen molar-refractivity contribution in [3.63, 3.8) is 0 Å². The van der Waals surface area contributed by atoms with Gasteiger partial charge in [-0.05, 0) is 17.2 Å². The van der Waals surface area contributed by atoms with Crippen molar-refractivity contribution in [3.05, 3.63) is 84.4 Å². The molecule has 0 saturated carbocycles. The Kier molecular flexibility index (Phi) is 11.3. The fourth-order valence-corrected chi connectivity index (χ4v) is 1.29. The zero-order chi connectivity index (χ0) is 15.8. The van der Waals surface area contributed by atoms with Gasteiger partial charge in [0.05, 0.1) is 6.07 Å². The summed E-state index contributed by atoms with van der Waals surface area (Å²) in [6, 6.07) is 21.7. The highest BCUT2D eigenvalue weighted by molar-refractivity contribution is 5.51. The van der Waals surface area contributed by atoms with Crippen molar-refractivity contribution in [2.75, 3.05) is 0 Å². The van der Waals surface area contributed by atoms with E-state index < -0.39 is 0 Å². The molecule has 0 spiro atoms. The van der Waals surface area contributed by atoms with E-state index in [1.807, 2.05) is 72.8 Å². The van der Waals surface area contributed by atoms with Crippen molar-refractivity contribution >= 4 is 18.6 Å². The molecule has 0 amide bonds. The average Bonchev–Trinajstić information content (AvgIpc) is 2.56. The molecule has 2 aromatic rings. The van der Waals surface area contributed by atoms with Gasteiger partial charge >= 0.3 is 0 Å². The number of allylic oxidation sites excluding steroid dienone is 1. The molecule has 3 heteroatoms. The van der Waals surface area contributed by atoms with Crippen LogP contribution in [-0.2, 0) is 4.79 Å². The molecule has 2 aromatic carbocycles. The van der Waals surface area contributed by atoms with Gasteiger partial charge in [-0.15, -0.1) is 0 Å². The summed E-state index contributed by atoms with van der Waals surface area (Å²) in [5, 5.41) is 15.1. The molecule has 21 heavy (non-hydrogen) atoms. The molecule has 0 aliphatic rings. The van der Waals surface area contributed by atoms with Crippen LogP contribution in [0.15, 0.2) is 73.3 Å². The first-order chi connectivity index (χ1) is 10.3. The second-order valence-electron chi connectivity index (χ2n) is 3.59. The Balaban J connectivity index is 0.000000327. The summed E-state index contributed by atoms with van der Waals surface area (Å²) in [5.74, 6) is 0. The molecular weight excluding hydrogens is 262 g/mol. The first-order valence-corrected chi connectivity index (χ1v) is 6.15. The van der Waals surface area contributed by atoms with E-state index in [4.69, 9.17) is 15.2 Å². The molecule has 1 N–H and O–H groups in total. The summed E-state index contributed by atoms with van der Waals surface area (Å²) in [7, 11) is 0. The zero-order valence-electron chi connectivity index (χ0n) is 11.6. The Labute approximate surface area is 125 Å². The Hall–Kier alpha value is -3.12. The number of hydrogen-bond donors (Lipinski definition) is 1. The topological polar surface area (TPSA) is 61.1 Å². The Morgan fingerprint density at radius 1 is 0.952 bits per heavy atom. The molecule has 0 aliphatic heterocycles. The first kappa shape index (κ1) is 17.9. The molecule has 0 heterocycles. The minimum absolute atomic E-state index is 0.250. The molecule has 0 bridgehead atoms. The minimum Gasteiger partial charge on any atom is -0.483 e. The number of nitriles is 1. The third-order valence-electron chi connectivity index (χ3n) is 2.19. The Morgan fingerprint density at radius 3 is 1.71 bits per heavy atom. The van der Waals surface area contributed by atoms with Gasteiger partial charge in [0.25, 0.3) is 6.47 Å². The molecule has 0 fully saturated rings. The number of carbonyl (C=O) groups is 1. The summed E-state index contributed by atoms with van der Waals surface area (Å²) in [6.07, 6.45) is 5.08. The summed E-state index contributed by atoms with van der Waals surface area (Å²) >= 11 is 0. The molecule has 106 valence electrons. The van der Waals surface area contributed by atoms with Gasteiger partial charge in [-0.3, -0.25) is 4.79 Å². The van der Waals surface area contributed by atoms with Gasteiger partial charge in [0, 0.05) is 6.08 Å². The number of carboxylic acid groups (broad SMARTS) is 1.